The molecular weight excluding hydrogens is 350 g/mol. The van der Waals surface area contributed by atoms with Crippen molar-refractivity contribution in [2.24, 2.45) is 11.8 Å². The van der Waals surface area contributed by atoms with E-state index in [2.05, 4.69) is 11.4 Å². The molecule has 3 aliphatic rings. The fourth-order valence-electron chi connectivity index (χ4n) is 4.07. The molecule has 0 bridgehead atoms. The molecule has 3 rings (SSSR count). The Morgan fingerprint density at radius 2 is 1.74 bits per heavy atom. The van der Waals surface area contributed by atoms with Crippen LogP contribution in [0.3, 0.4) is 0 Å². The summed E-state index contributed by atoms with van der Waals surface area (Å²) in [5.41, 5.74) is -0.898. The van der Waals surface area contributed by atoms with Crippen LogP contribution in [0, 0.1) is 23.2 Å². The summed E-state index contributed by atoms with van der Waals surface area (Å²) in [6.07, 6.45) is 8.66. The topological polar surface area (TPSA) is 117 Å². The van der Waals surface area contributed by atoms with Crippen LogP contribution in [0.1, 0.15) is 44.9 Å². The zero-order chi connectivity index (χ0) is 19.4. The van der Waals surface area contributed by atoms with E-state index in [1.54, 1.807) is 0 Å². The molecule has 8 nitrogen and oxygen atoms in total. The Morgan fingerprint density at radius 1 is 1.15 bits per heavy atom. The number of allylic oxidation sites excluding steroid dienone is 2. The number of ether oxygens (including phenoxy) is 1. The summed E-state index contributed by atoms with van der Waals surface area (Å²) in [5, 5.41) is 12.0. The monoisotopic (exact) mass is 373 g/mol. The number of hydrogen-bond donors (Lipinski definition) is 1. The van der Waals surface area contributed by atoms with Crippen LogP contribution in [0.25, 0.3) is 0 Å². The average Bonchev–Trinajstić information content (AvgIpc) is 2.92. The lowest BCUT2D eigenvalue weighted by Crippen LogP contribution is -2.50. The van der Waals surface area contributed by atoms with Crippen LogP contribution in [0.5, 0.6) is 0 Å². The lowest BCUT2D eigenvalue weighted by molar-refractivity contribution is -0.155. The van der Waals surface area contributed by atoms with Crippen LogP contribution in [-0.2, 0) is 23.9 Å². The van der Waals surface area contributed by atoms with E-state index in [0.29, 0.717) is 25.7 Å². The molecule has 144 valence electrons. The molecule has 0 aromatic heterocycles. The predicted molar refractivity (Wildman–Crippen MR) is 92.6 cm³/mol. The van der Waals surface area contributed by atoms with Crippen LogP contribution in [0.4, 0.5) is 0 Å². The second-order valence-electron chi connectivity index (χ2n) is 7.38. The van der Waals surface area contributed by atoms with Crippen molar-refractivity contribution in [3.63, 3.8) is 0 Å². The van der Waals surface area contributed by atoms with Crippen LogP contribution in [0.15, 0.2) is 12.2 Å². The molecule has 3 amide bonds. The number of nitriles is 1. The molecule has 0 aromatic rings. The number of hydrogen-bond acceptors (Lipinski definition) is 6. The van der Waals surface area contributed by atoms with Gasteiger partial charge in [0.05, 0.1) is 17.9 Å². The third-order valence-corrected chi connectivity index (χ3v) is 5.55. The highest BCUT2D eigenvalue weighted by molar-refractivity contribution is 6.07. The van der Waals surface area contributed by atoms with E-state index in [9.17, 15) is 24.4 Å². The van der Waals surface area contributed by atoms with E-state index in [4.69, 9.17) is 4.74 Å². The van der Waals surface area contributed by atoms with E-state index in [1.807, 2.05) is 12.2 Å². The smallest absolute Gasteiger partial charge is 0.326 e. The van der Waals surface area contributed by atoms with Gasteiger partial charge in [-0.3, -0.25) is 24.1 Å². The van der Waals surface area contributed by atoms with Gasteiger partial charge in [0.2, 0.25) is 11.8 Å². The molecule has 1 saturated carbocycles. The van der Waals surface area contributed by atoms with Gasteiger partial charge in [-0.05, 0) is 25.7 Å². The molecule has 1 aliphatic heterocycles. The summed E-state index contributed by atoms with van der Waals surface area (Å²) in [7, 11) is 0. The van der Waals surface area contributed by atoms with Crippen molar-refractivity contribution in [3.8, 4) is 6.07 Å². The largest absolute Gasteiger partial charge is 0.454 e. The first-order valence-corrected chi connectivity index (χ1v) is 9.34. The first-order chi connectivity index (χ1) is 13.0. The van der Waals surface area contributed by atoms with Gasteiger partial charge >= 0.3 is 5.97 Å². The van der Waals surface area contributed by atoms with Gasteiger partial charge in [-0.15, -0.1) is 0 Å². The summed E-state index contributed by atoms with van der Waals surface area (Å²) in [5.74, 6) is -2.89. The Balaban J connectivity index is 1.48. The number of nitrogens with zero attached hydrogens (tertiary/aromatic N) is 2. The zero-order valence-electron chi connectivity index (χ0n) is 15.1. The first-order valence-electron chi connectivity index (χ1n) is 9.34. The molecular formula is C19H23N3O5. The highest BCUT2D eigenvalue weighted by atomic mass is 16.5. The zero-order valence-corrected chi connectivity index (χ0v) is 15.1. The highest BCUT2D eigenvalue weighted by Crippen LogP contribution is 2.34. The minimum atomic E-state index is -0.898. The lowest BCUT2D eigenvalue weighted by atomic mass is 9.83. The molecule has 1 N–H and O–H groups in total. The van der Waals surface area contributed by atoms with Crippen LogP contribution >= 0.6 is 0 Å². The minimum Gasteiger partial charge on any atom is -0.454 e. The molecule has 0 spiro atoms. The van der Waals surface area contributed by atoms with Gasteiger partial charge in [0.15, 0.2) is 6.61 Å². The van der Waals surface area contributed by atoms with Gasteiger partial charge < -0.3 is 10.1 Å². The van der Waals surface area contributed by atoms with Crippen molar-refractivity contribution < 1.29 is 23.9 Å². The maximum absolute atomic E-state index is 12.3. The molecule has 27 heavy (non-hydrogen) atoms. The maximum atomic E-state index is 12.3. The lowest BCUT2D eigenvalue weighted by Gasteiger charge is -2.31. The predicted octanol–water partition coefficient (Wildman–Crippen LogP) is 0.823. The molecule has 0 radical (unpaired) electrons. The number of imide groups is 1. The van der Waals surface area contributed by atoms with Crippen molar-refractivity contribution in [2.75, 3.05) is 13.2 Å². The number of rotatable bonds is 5. The van der Waals surface area contributed by atoms with Gasteiger partial charge in [-0.25, -0.2) is 0 Å². The first kappa shape index (κ1) is 19.1. The maximum Gasteiger partial charge on any atom is 0.326 e. The summed E-state index contributed by atoms with van der Waals surface area (Å²) in [6, 6.07) is 2.16. The van der Waals surface area contributed by atoms with Crippen LogP contribution < -0.4 is 5.32 Å². The highest BCUT2D eigenvalue weighted by Gasteiger charge is 2.47. The fourth-order valence-corrected chi connectivity index (χ4v) is 4.07. The Kier molecular flexibility index (Phi) is 5.59. The van der Waals surface area contributed by atoms with Crippen molar-refractivity contribution in [1.82, 2.24) is 10.2 Å². The van der Waals surface area contributed by atoms with E-state index in [0.717, 1.165) is 24.2 Å². The molecule has 8 heteroatoms. The Hall–Kier alpha value is -2.69. The van der Waals surface area contributed by atoms with Gasteiger partial charge in [0, 0.05) is 0 Å². The third-order valence-electron chi connectivity index (χ3n) is 5.55. The van der Waals surface area contributed by atoms with Crippen LogP contribution in [0.2, 0.25) is 0 Å². The number of carbonyl (C=O) groups excluding carboxylic acids is 4. The standard InChI is InChI=1S/C19H23N3O5/c20-12-19(8-4-1-5-9-19)21-15(23)11-27-16(24)10-22-17(25)13-6-2-3-7-14(13)18(22)26/h2-3,13-14H,1,4-11H2,(H,21,23)/t13-,14-/m1/s1. The van der Waals surface area contributed by atoms with Gasteiger partial charge in [0.1, 0.15) is 12.1 Å². The minimum absolute atomic E-state index is 0.360. The van der Waals surface area contributed by atoms with Crippen molar-refractivity contribution in [3.05, 3.63) is 12.2 Å². The van der Waals surface area contributed by atoms with Gasteiger partial charge in [0.25, 0.3) is 5.91 Å². The molecule has 2 aliphatic carbocycles. The number of likely N-dealkylation sites (tertiary alicyclic amines) is 1. The quantitative estimate of drug-likeness (QED) is 0.433. The number of esters is 1. The number of nitrogens with one attached hydrogen (secondary N) is 1. The molecule has 0 aromatic carbocycles. The van der Waals surface area contributed by atoms with Crippen molar-refractivity contribution in [1.29, 1.82) is 5.26 Å². The molecule has 2 atom stereocenters. The second kappa shape index (κ2) is 7.91. The summed E-state index contributed by atoms with van der Waals surface area (Å²) >= 11 is 0. The fraction of sp³-hybridized carbons (Fsp3) is 0.632. The van der Waals surface area contributed by atoms with E-state index in [-0.39, 0.29) is 11.8 Å². The van der Waals surface area contributed by atoms with E-state index < -0.39 is 42.4 Å². The summed E-state index contributed by atoms with van der Waals surface area (Å²) in [6.45, 7) is -1.02. The van der Waals surface area contributed by atoms with E-state index in [1.165, 1.54) is 0 Å². The number of fused-ring (bicyclic) bond motifs is 1. The Morgan fingerprint density at radius 3 is 2.30 bits per heavy atom. The molecule has 1 heterocycles. The van der Waals surface area contributed by atoms with Crippen molar-refractivity contribution in [2.45, 2.75) is 50.5 Å². The van der Waals surface area contributed by atoms with E-state index >= 15 is 0 Å². The molecule has 1 saturated heterocycles. The summed E-state index contributed by atoms with van der Waals surface area (Å²) < 4.78 is 4.92. The van der Waals surface area contributed by atoms with Gasteiger partial charge in [-0.2, -0.15) is 5.26 Å². The van der Waals surface area contributed by atoms with Crippen molar-refractivity contribution >= 4 is 23.7 Å². The molecule has 2 fully saturated rings. The normalized spacial score (nSPS) is 26.3. The number of carbonyl (C=O) groups is 4. The molecule has 0 unspecified atom stereocenters. The van der Waals surface area contributed by atoms with Gasteiger partial charge in [-0.1, -0.05) is 31.4 Å². The average molecular weight is 373 g/mol. The SMILES string of the molecule is N#CC1(NC(=O)COC(=O)CN2C(=O)[C@@H]3CC=CC[C@H]3C2=O)CCCCC1. The third kappa shape index (κ3) is 4.02. The van der Waals surface area contributed by atoms with Crippen LogP contribution in [-0.4, -0.2) is 47.3 Å². The second-order valence-corrected chi connectivity index (χ2v) is 7.38. The Labute approximate surface area is 157 Å². The number of amides is 3. The Bertz CT molecular complexity index is 691. The summed E-state index contributed by atoms with van der Waals surface area (Å²) in [4.78, 5) is 49.6.